The third-order valence-corrected chi connectivity index (χ3v) is 3.78. The van der Waals surface area contributed by atoms with Gasteiger partial charge < -0.3 is 5.32 Å². The lowest BCUT2D eigenvalue weighted by atomic mass is 9.83. The largest absolute Gasteiger partial charge is 0.382 e. The number of nitrogens with one attached hydrogen (secondary N) is 1. The Morgan fingerprint density at radius 2 is 1.64 bits per heavy atom. The van der Waals surface area contributed by atoms with Gasteiger partial charge in [0.05, 0.1) is 11.3 Å². The van der Waals surface area contributed by atoms with Crippen molar-refractivity contribution in [2.24, 2.45) is 0 Å². The second-order valence-electron chi connectivity index (χ2n) is 5.35. The number of likely N-dealkylation sites (N-methyl/N-ethyl adjacent to an activating group) is 1. The Morgan fingerprint density at radius 3 is 2.32 bits per heavy atom. The molecule has 3 nitrogen and oxygen atoms in total. The highest BCUT2D eigenvalue weighted by molar-refractivity contribution is 6.40. The Balaban J connectivity index is 2.25. The number of Topliss-reactive ketones (excluding diaryl/α,β-unsaturated/α-hetero) is 2. The molecule has 0 heterocycles. The first-order valence-corrected chi connectivity index (χ1v) is 7.37. The lowest BCUT2D eigenvalue weighted by Gasteiger charge is -2.22. The molecule has 3 heteroatoms. The zero-order valence-corrected chi connectivity index (χ0v) is 12.6. The summed E-state index contributed by atoms with van der Waals surface area (Å²) < 4.78 is 0. The van der Waals surface area contributed by atoms with E-state index in [1.54, 1.807) is 12.1 Å². The number of rotatable bonds is 3. The van der Waals surface area contributed by atoms with Crippen LogP contribution in [-0.2, 0) is 0 Å². The summed E-state index contributed by atoms with van der Waals surface area (Å²) in [6.45, 7) is 4.42. The summed E-state index contributed by atoms with van der Waals surface area (Å²) in [7, 11) is 0. The van der Waals surface area contributed by atoms with E-state index in [0.717, 1.165) is 11.1 Å². The summed E-state index contributed by atoms with van der Waals surface area (Å²) in [6.07, 6.45) is 0. The van der Waals surface area contributed by atoms with Gasteiger partial charge in [-0.3, -0.25) is 9.59 Å². The minimum absolute atomic E-state index is 0.100. The van der Waals surface area contributed by atoms with Gasteiger partial charge in [0.25, 0.3) is 0 Å². The highest BCUT2D eigenvalue weighted by Crippen LogP contribution is 2.31. The average Bonchev–Trinajstić information content (AvgIpc) is 2.53. The molecule has 0 bridgehead atoms. The monoisotopic (exact) mass is 291 g/mol. The molecule has 3 rings (SSSR count). The molecule has 0 aromatic heterocycles. The molecule has 0 radical (unpaired) electrons. The standard InChI is InChI=1S/C19H17NO2/c1-3-20-17-16(13-7-5-4-6-8-13)18(21)14-10-9-12(2)11-15(14)19(17)22/h4-11,20H,3H2,1-2H3. The van der Waals surface area contributed by atoms with Gasteiger partial charge in [0.1, 0.15) is 0 Å². The van der Waals surface area contributed by atoms with Gasteiger partial charge in [0.15, 0.2) is 5.78 Å². The van der Waals surface area contributed by atoms with E-state index in [9.17, 15) is 9.59 Å². The van der Waals surface area contributed by atoms with Crippen molar-refractivity contribution in [3.05, 3.63) is 76.5 Å². The molecule has 1 aliphatic carbocycles. The first-order valence-electron chi connectivity index (χ1n) is 7.37. The topological polar surface area (TPSA) is 46.2 Å². The number of hydrogen-bond donors (Lipinski definition) is 1. The number of carbonyl (C=O) groups is 2. The predicted molar refractivity (Wildman–Crippen MR) is 86.9 cm³/mol. The Kier molecular flexibility index (Phi) is 3.63. The van der Waals surface area contributed by atoms with Gasteiger partial charge >= 0.3 is 0 Å². The molecular formula is C19H17NO2. The molecule has 0 saturated carbocycles. The maximum Gasteiger partial charge on any atom is 0.210 e. The highest BCUT2D eigenvalue weighted by Gasteiger charge is 2.32. The lowest BCUT2D eigenvalue weighted by Crippen LogP contribution is -2.30. The average molecular weight is 291 g/mol. The predicted octanol–water partition coefficient (Wildman–Crippen LogP) is 3.39. The molecule has 110 valence electrons. The Morgan fingerprint density at radius 1 is 0.909 bits per heavy atom. The van der Waals surface area contributed by atoms with Crippen LogP contribution in [0.3, 0.4) is 0 Å². The molecule has 0 aliphatic heterocycles. The first-order chi connectivity index (χ1) is 10.6. The fraction of sp³-hybridized carbons (Fsp3) is 0.158. The van der Waals surface area contributed by atoms with E-state index in [1.807, 2.05) is 50.2 Å². The maximum atomic E-state index is 12.9. The van der Waals surface area contributed by atoms with E-state index in [-0.39, 0.29) is 11.6 Å². The summed E-state index contributed by atoms with van der Waals surface area (Å²) in [5.41, 5.74) is 3.57. The van der Waals surface area contributed by atoms with Crippen LogP contribution in [0, 0.1) is 6.92 Å². The van der Waals surface area contributed by atoms with E-state index in [1.165, 1.54) is 0 Å². The molecule has 2 aromatic rings. The second-order valence-corrected chi connectivity index (χ2v) is 5.35. The molecule has 0 amide bonds. The van der Waals surface area contributed by atoms with Gasteiger partial charge in [-0.05, 0) is 25.5 Å². The molecule has 0 fully saturated rings. The Hall–Kier alpha value is -2.68. The van der Waals surface area contributed by atoms with Gasteiger partial charge in [-0.1, -0.05) is 48.0 Å². The van der Waals surface area contributed by atoms with Crippen LogP contribution in [0.15, 0.2) is 54.2 Å². The zero-order valence-electron chi connectivity index (χ0n) is 12.6. The molecule has 2 aromatic carbocycles. The minimum Gasteiger partial charge on any atom is -0.382 e. The van der Waals surface area contributed by atoms with Crippen molar-refractivity contribution in [2.75, 3.05) is 6.54 Å². The van der Waals surface area contributed by atoms with Gasteiger partial charge in [-0.25, -0.2) is 0 Å². The number of hydrogen-bond acceptors (Lipinski definition) is 3. The minimum atomic E-state index is -0.112. The fourth-order valence-corrected chi connectivity index (χ4v) is 2.77. The third-order valence-electron chi connectivity index (χ3n) is 3.78. The van der Waals surface area contributed by atoms with Crippen LogP contribution in [-0.4, -0.2) is 18.1 Å². The van der Waals surface area contributed by atoms with Crippen LogP contribution >= 0.6 is 0 Å². The fourth-order valence-electron chi connectivity index (χ4n) is 2.77. The van der Waals surface area contributed by atoms with E-state index in [2.05, 4.69) is 5.32 Å². The van der Waals surface area contributed by atoms with Crippen LogP contribution < -0.4 is 5.32 Å². The van der Waals surface area contributed by atoms with Crippen LogP contribution in [0.25, 0.3) is 5.57 Å². The number of ketones is 2. The van der Waals surface area contributed by atoms with Crippen molar-refractivity contribution in [1.82, 2.24) is 5.32 Å². The van der Waals surface area contributed by atoms with Gasteiger partial charge in [0, 0.05) is 17.7 Å². The molecule has 1 aliphatic rings. The highest BCUT2D eigenvalue weighted by atomic mass is 16.1. The molecule has 0 atom stereocenters. The summed E-state index contributed by atoms with van der Waals surface area (Å²) in [5, 5.41) is 3.08. The third kappa shape index (κ3) is 2.25. The smallest absolute Gasteiger partial charge is 0.210 e. The van der Waals surface area contributed by atoms with Crippen molar-refractivity contribution in [3.8, 4) is 0 Å². The van der Waals surface area contributed by atoms with Gasteiger partial charge in [-0.2, -0.15) is 0 Å². The lowest BCUT2D eigenvalue weighted by molar-refractivity contribution is 0.0986. The normalized spacial score (nSPS) is 14.1. The number of carbonyl (C=O) groups excluding carboxylic acids is 2. The Labute approximate surface area is 129 Å². The van der Waals surface area contributed by atoms with Crippen LogP contribution in [0.4, 0.5) is 0 Å². The maximum absolute atomic E-state index is 12.9. The van der Waals surface area contributed by atoms with Gasteiger partial charge in [-0.15, -0.1) is 0 Å². The quantitative estimate of drug-likeness (QED) is 0.942. The Bertz CT molecular complexity index is 788. The summed E-state index contributed by atoms with van der Waals surface area (Å²) >= 11 is 0. The van der Waals surface area contributed by atoms with Crippen LogP contribution in [0.2, 0.25) is 0 Å². The second kappa shape index (κ2) is 5.60. The van der Waals surface area contributed by atoms with E-state index < -0.39 is 0 Å². The zero-order chi connectivity index (χ0) is 15.7. The number of benzene rings is 2. The van der Waals surface area contributed by atoms with Crippen molar-refractivity contribution in [2.45, 2.75) is 13.8 Å². The summed E-state index contributed by atoms with van der Waals surface area (Å²) in [5.74, 6) is -0.212. The molecule has 22 heavy (non-hydrogen) atoms. The van der Waals surface area contributed by atoms with Crippen LogP contribution in [0.5, 0.6) is 0 Å². The van der Waals surface area contributed by atoms with E-state index in [4.69, 9.17) is 0 Å². The van der Waals surface area contributed by atoms with Crippen molar-refractivity contribution in [1.29, 1.82) is 0 Å². The van der Waals surface area contributed by atoms with Crippen molar-refractivity contribution < 1.29 is 9.59 Å². The molecule has 0 saturated heterocycles. The number of fused-ring (bicyclic) bond motifs is 1. The van der Waals surface area contributed by atoms with Crippen molar-refractivity contribution in [3.63, 3.8) is 0 Å². The number of aryl methyl sites for hydroxylation is 1. The van der Waals surface area contributed by atoms with E-state index in [0.29, 0.717) is 28.9 Å². The SMILES string of the molecule is CCNC1=C(c2ccccc2)C(=O)c2ccc(C)cc2C1=O. The van der Waals surface area contributed by atoms with E-state index >= 15 is 0 Å². The molecule has 0 unspecified atom stereocenters. The van der Waals surface area contributed by atoms with Crippen molar-refractivity contribution >= 4 is 17.1 Å². The number of allylic oxidation sites excluding steroid dienone is 2. The molecule has 0 spiro atoms. The van der Waals surface area contributed by atoms with Gasteiger partial charge in [0.2, 0.25) is 5.78 Å². The summed E-state index contributed by atoms with van der Waals surface area (Å²) in [6, 6.07) is 14.7. The first kappa shape index (κ1) is 14.3. The van der Waals surface area contributed by atoms with Crippen LogP contribution in [0.1, 0.15) is 38.8 Å². The molecular weight excluding hydrogens is 274 g/mol. The molecule has 1 N–H and O–H groups in total. The summed E-state index contributed by atoms with van der Waals surface area (Å²) in [4.78, 5) is 25.7.